The highest BCUT2D eigenvalue weighted by atomic mass is 32.2. The van der Waals surface area contributed by atoms with Gasteiger partial charge in [-0.25, -0.2) is 4.98 Å². The van der Waals surface area contributed by atoms with Crippen molar-refractivity contribution in [3.63, 3.8) is 0 Å². The lowest BCUT2D eigenvalue weighted by Gasteiger charge is -2.15. The second-order valence-electron chi connectivity index (χ2n) is 4.46. The van der Waals surface area contributed by atoms with Crippen molar-refractivity contribution < 1.29 is 9.90 Å². The first-order valence-electron chi connectivity index (χ1n) is 6.60. The van der Waals surface area contributed by atoms with Crippen LogP contribution in [0.1, 0.15) is 36.5 Å². The molecule has 0 aliphatic carbocycles. The number of aliphatic hydroxyl groups excluding tert-OH is 1. The van der Waals surface area contributed by atoms with E-state index in [-0.39, 0.29) is 12.5 Å². The van der Waals surface area contributed by atoms with E-state index >= 15 is 0 Å². The van der Waals surface area contributed by atoms with Crippen molar-refractivity contribution in [2.75, 3.05) is 19.4 Å². The summed E-state index contributed by atoms with van der Waals surface area (Å²) in [5.41, 5.74) is 0.638. The van der Waals surface area contributed by atoms with Gasteiger partial charge < -0.3 is 10.4 Å². The summed E-state index contributed by atoms with van der Waals surface area (Å²) in [6.45, 7) is 2.90. The summed E-state index contributed by atoms with van der Waals surface area (Å²) in [6.07, 6.45) is 6.40. The van der Waals surface area contributed by atoms with Crippen LogP contribution in [0.4, 0.5) is 0 Å². The third-order valence-corrected chi connectivity index (χ3v) is 3.63. The zero-order valence-electron chi connectivity index (χ0n) is 11.6. The van der Waals surface area contributed by atoms with Gasteiger partial charge in [-0.2, -0.15) is 0 Å². The standard InChI is InChI=1S/C14H22N2O2S/c1-3-4-11(6-8-17)10-16-14(18)12-5-7-15-13(9-12)19-2/h5,7,9,11,17H,3-4,6,8,10H2,1-2H3,(H,16,18). The SMILES string of the molecule is CCCC(CCO)CNC(=O)c1ccnc(SC)c1. The Bertz CT molecular complexity index is 393. The normalized spacial score (nSPS) is 12.2. The van der Waals surface area contributed by atoms with Gasteiger partial charge in [-0.3, -0.25) is 4.79 Å². The molecule has 1 aromatic rings. The number of carbonyl (C=O) groups is 1. The summed E-state index contributed by atoms with van der Waals surface area (Å²) in [5.74, 6) is 0.276. The Morgan fingerprint density at radius 1 is 1.53 bits per heavy atom. The second kappa shape index (κ2) is 8.93. The number of hydrogen-bond donors (Lipinski definition) is 2. The predicted octanol–water partition coefficient (Wildman–Crippen LogP) is 2.33. The van der Waals surface area contributed by atoms with Gasteiger partial charge in [-0.1, -0.05) is 13.3 Å². The number of hydrogen-bond acceptors (Lipinski definition) is 4. The van der Waals surface area contributed by atoms with Crippen molar-refractivity contribution in [1.29, 1.82) is 0 Å². The maximum absolute atomic E-state index is 12.0. The molecule has 0 spiro atoms. The molecule has 1 rings (SSSR count). The molecule has 0 aliphatic rings. The van der Waals surface area contributed by atoms with Gasteiger partial charge in [-0.05, 0) is 37.1 Å². The van der Waals surface area contributed by atoms with Crippen LogP contribution in [0.3, 0.4) is 0 Å². The Hall–Kier alpha value is -1.07. The largest absolute Gasteiger partial charge is 0.396 e. The van der Waals surface area contributed by atoms with Gasteiger partial charge >= 0.3 is 0 Å². The van der Waals surface area contributed by atoms with Crippen LogP contribution >= 0.6 is 11.8 Å². The molecule has 4 nitrogen and oxygen atoms in total. The van der Waals surface area contributed by atoms with Gasteiger partial charge in [0.15, 0.2) is 0 Å². The lowest BCUT2D eigenvalue weighted by molar-refractivity contribution is 0.0942. The fraction of sp³-hybridized carbons (Fsp3) is 0.571. The van der Waals surface area contributed by atoms with Gasteiger partial charge in [0.05, 0.1) is 5.03 Å². The number of carbonyl (C=O) groups excluding carboxylic acids is 1. The number of nitrogens with zero attached hydrogens (tertiary/aromatic N) is 1. The summed E-state index contributed by atoms with van der Waals surface area (Å²) < 4.78 is 0. The first-order chi connectivity index (χ1) is 9.21. The number of aromatic nitrogens is 1. The molecule has 0 fully saturated rings. The first kappa shape index (κ1) is 16.0. The maximum Gasteiger partial charge on any atom is 0.251 e. The van der Waals surface area contributed by atoms with E-state index in [0.29, 0.717) is 18.0 Å². The first-order valence-corrected chi connectivity index (χ1v) is 7.82. The van der Waals surface area contributed by atoms with E-state index in [1.807, 2.05) is 6.26 Å². The lowest BCUT2D eigenvalue weighted by atomic mass is 10.00. The third-order valence-electron chi connectivity index (χ3n) is 2.99. The van der Waals surface area contributed by atoms with Crippen LogP contribution in [0.25, 0.3) is 0 Å². The molecule has 1 heterocycles. The molecule has 19 heavy (non-hydrogen) atoms. The van der Waals surface area contributed by atoms with Crippen LogP contribution in [0.5, 0.6) is 0 Å². The number of aliphatic hydroxyl groups is 1. The second-order valence-corrected chi connectivity index (χ2v) is 5.29. The predicted molar refractivity (Wildman–Crippen MR) is 78.5 cm³/mol. The van der Waals surface area contributed by atoms with E-state index < -0.39 is 0 Å². The molecule has 1 amide bonds. The smallest absolute Gasteiger partial charge is 0.251 e. The molecule has 106 valence electrons. The van der Waals surface area contributed by atoms with Crippen LogP contribution in [0.2, 0.25) is 0 Å². The van der Waals surface area contributed by atoms with Crippen molar-refractivity contribution >= 4 is 17.7 Å². The summed E-state index contributed by atoms with van der Waals surface area (Å²) in [7, 11) is 0. The zero-order chi connectivity index (χ0) is 14.1. The van der Waals surface area contributed by atoms with E-state index in [0.717, 1.165) is 24.3 Å². The Morgan fingerprint density at radius 2 is 2.32 bits per heavy atom. The van der Waals surface area contributed by atoms with Crippen molar-refractivity contribution in [3.8, 4) is 0 Å². The quantitative estimate of drug-likeness (QED) is 0.718. The Morgan fingerprint density at radius 3 is 2.95 bits per heavy atom. The number of pyridine rings is 1. The van der Waals surface area contributed by atoms with Crippen LogP contribution in [-0.4, -0.2) is 35.4 Å². The summed E-state index contributed by atoms with van der Waals surface area (Å²) in [4.78, 5) is 16.2. The van der Waals surface area contributed by atoms with Crippen LogP contribution in [0.15, 0.2) is 23.4 Å². The molecule has 2 N–H and O–H groups in total. The van der Waals surface area contributed by atoms with E-state index in [4.69, 9.17) is 5.11 Å². The Kier molecular flexibility index (Phi) is 7.52. The van der Waals surface area contributed by atoms with Crippen molar-refractivity contribution in [3.05, 3.63) is 23.9 Å². The molecule has 0 bridgehead atoms. The van der Waals surface area contributed by atoms with Crippen molar-refractivity contribution in [2.45, 2.75) is 31.2 Å². The molecule has 1 aromatic heterocycles. The Labute approximate surface area is 119 Å². The van der Waals surface area contributed by atoms with Crippen LogP contribution in [-0.2, 0) is 0 Å². The highest BCUT2D eigenvalue weighted by Crippen LogP contribution is 2.13. The fourth-order valence-electron chi connectivity index (χ4n) is 1.94. The van der Waals surface area contributed by atoms with Gasteiger partial charge in [-0.15, -0.1) is 11.8 Å². The molecule has 0 saturated heterocycles. The zero-order valence-corrected chi connectivity index (χ0v) is 12.4. The molecule has 0 saturated carbocycles. The molecule has 1 atom stereocenters. The number of amides is 1. The van der Waals surface area contributed by atoms with E-state index in [2.05, 4.69) is 17.2 Å². The highest BCUT2D eigenvalue weighted by molar-refractivity contribution is 7.98. The topological polar surface area (TPSA) is 62.2 Å². The van der Waals surface area contributed by atoms with Gasteiger partial charge in [0, 0.05) is 24.9 Å². The van der Waals surface area contributed by atoms with Gasteiger partial charge in [0.25, 0.3) is 5.91 Å². The highest BCUT2D eigenvalue weighted by Gasteiger charge is 2.11. The average molecular weight is 282 g/mol. The number of nitrogens with one attached hydrogen (secondary N) is 1. The number of thioether (sulfide) groups is 1. The molecule has 0 aromatic carbocycles. The lowest BCUT2D eigenvalue weighted by Crippen LogP contribution is -2.29. The molecule has 5 heteroatoms. The van der Waals surface area contributed by atoms with Gasteiger partial charge in [0.1, 0.15) is 0 Å². The summed E-state index contributed by atoms with van der Waals surface area (Å²) in [6, 6.07) is 3.51. The monoisotopic (exact) mass is 282 g/mol. The van der Waals surface area contributed by atoms with Crippen LogP contribution < -0.4 is 5.32 Å². The average Bonchev–Trinajstić information content (AvgIpc) is 2.45. The minimum atomic E-state index is -0.0725. The molecular formula is C14H22N2O2S. The van der Waals surface area contributed by atoms with E-state index in [9.17, 15) is 4.79 Å². The van der Waals surface area contributed by atoms with Crippen molar-refractivity contribution in [1.82, 2.24) is 10.3 Å². The minimum Gasteiger partial charge on any atom is -0.396 e. The third kappa shape index (κ3) is 5.61. The number of rotatable bonds is 8. The Balaban J connectivity index is 2.53. The van der Waals surface area contributed by atoms with Crippen LogP contribution in [0, 0.1) is 5.92 Å². The van der Waals surface area contributed by atoms with E-state index in [1.54, 1.807) is 18.3 Å². The molecular weight excluding hydrogens is 260 g/mol. The molecule has 0 aliphatic heterocycles. The van der Waals surface area contributed by atoms with E-state index in [1.165, 1.54) is 11.8 Å². The summed E-state index contributed by atoms with van der Waals surface area (Å²) >= 11 is 1.52. The van der Waals surface area contributed by atoms with Gasteiger partial charge in [0.2, 0.25) is 0 Å². The van der Waals surface area contributed by atoms with Crippen molar-refractivity contribution in [2.24, 2.45) is 5.92 Å². The molecule has 0 radical (unpaired) electrons. The fourth-order valence-corrected chi connectivity index (χ4v) is 2.35. The molecule has 1 unspecified atom stereocenters. The maximum atomic E-state index is 12.0. The summed E-state index contributed by atoms with van der Waals surface area (Å²) in [5, 5.41) is 12.8. The minimum absolute atomic E-state index is 0.0725.